The molecule has 1 spiro atoms. The van der Waals surface area contributed by atoms with Crippen LogP contribution in [0.5, 0.6) is 0 Å². The molecule has 42 heavy (non-hydrogen) atoms. The lowest BCUT2D eigenvalue weighted by molar-refractivity contribution is -0.159. The minimum atomic E-state index is -1.33. The average Bonchev–Trinajstić information content (AvgIpc) is 3.56. The number of amides is 3. The van der Waals surface area contributed by atoms with Crippen LogP contribution in [0.4, 0.5) is 5.69 Å². The lowest BCUT2D eigenvalue weighted by atomic mass is 9.70. The van der Waals surface area contributed by atoms with E-state index in [0.29, 0.717) is 23.6 Å². The second kappa shape index (κ2) is 13.3. The smallest absolute Gasteiger partial charge is 0.312 e. The van der Waals surface area contributed by atoms with E-state index in [1.807, 2.05) is 0 Å². The number of anilines is 1. The molecule has 3 aliphatic heterocycles. The predicted molar refractivity (Wildman–Crippen MR) is 161 cm³/mol. The van der Waals surface area contributed by atoms with Crippen molar-refractivity contribution in [2.24, 2.45) is 11.8 Å². The summed E-state index contributed by atoms with van der Waals surface area (Å²) in [5, 5.41) is 13.3. The monoisotopic (exact) mass is 665 g/mol. The van der Waals surface area contributed by atoms with Crippen molar-refractivity contribution in [2.45, 2.75) is 67.8 Å². The first-order chi connectivity index (χ1) is 20.0. The van der Waals surface area contributed by atoms with Crippen LogP contribution < -0.4 is 10.2 Å². The molecule has 0 radical (unpaired) electrons. The zero-order chi connectivity index (χ0) is 30.8. The number of fused-ring (bicyclic) bond motifs is 1. The van der Waals surface area contributed by atoms with E-state index in [-0.39, 0.29) is 36.9 Å². The van der Waals surface area contributed by atoms with E-state index in [9.17, 15) is 24.3 Å². The molecule has 4 rings (SSSR count). The van der Waals surface area contributed by atoms with E-state index >= 15 is 0 Å². The molecule has 0 saturated carbocycles. The summed E-state index contributed by atoms with van der Waals surface area (Å²) < 4.78 is 12.2. The quantitative estimate of drug-likeness (QED) is 0.188. The third kappa shape index (κ3) is 5.89. The van der Waals surface area contributed by atoms with Gasteiger partial charge in [-0.05, 0) is 51.0 Å². The molecule has 3 aliphatic rings. The molecular weight excluding hydrogens is 630 g/mol. The number of aliphatic hydroxyl groups excluding tert-OH is 1. The van der Waals surface area contributed by atoms with Gasteiger partial charge >= 0.3 is 5.97 Å². The van der Waals surface area contributed by atoms with Crippen molar-refractivity contribution < 1.29 is 33.8 Å². The van der Waals surface area contributed by atoms with Gasteiger partial charge in [0, 0.05) is 28.5 Å². The number of carbonyl (C=O) groups excluding carboxylic acids is 4. The minimum absolute atomic E-state index is 0.105. The van der Waals surface area contributed by atoms with Crippen LogP contribution >= 0.6 is 27.5 Å². The number of hydrogen-bond acceptors (Lipinski definition) is 7. The van der Waals surface area contributed by atoms with Gasteiger partial charge in [0.15, 0.2) is 0 Å². The van der Waals surface area contributed by atoms with Gasteiger partial charge in [0.05, 0.1) is 37.1 Å². The van der Waals surface area contributed by atoms with Crippen molar-refractivity contribution in [3.63, 3.8) is 0 Å². The third-order valence-electron chi connectivity index (χ3n) is 8.17. The molecule has 3 amide bonds. The van der Waals surface area contributed by atoms with Gasteiger partial charge in [-0.25, -0.2) is 0 Å². The third-order valence-corrected chi connectivity index (χ3v) is 9.26. The van der Waals surface area contributed by atoms with Crippen molar-refractivity contribution >= 4 is 56.9 Å². The summed E-state index contributed by atoms with van der Waals surface area (Å²) in [4.78, 5) is 56.7. The van der Waals surface area contributed by atoms with Crippen LogP contribution in [0.2, 0.25) is 5.02 Å². The Bertz CT molecular complexity index is 1230. The maximum Gasteiger partial charge on any atom is 0.312 e. The number of allylic oxidation sites excluding steroid dienone is 1. The molecule has 1 aromatic carbocycles. The molecule has 2 bridgehead atoms. The van der Waals surface area contributed by atoms with Gasteiger partial charge < -0.3 is 29.7 Å². The van der Waals surface area contributed by atoms with Gasteiger partial charge in [0.1, 0.15) is 17.7 Å². The number of aliphatic hydroxyl groups is 1. The summed E-state index contributed by atoms with van der Waals surface area (Å²) in [6.07, 6.45) is 2.98. The SMILES string of the molecule is C=CCCC(=O)NC[C@@H](C)OC(=O)[C@@H]1[C@H]2O[C@@]3(CC2Br)[C@H](C(=O)N(CC=C)c2ccc(Cl)cc2)N([C@H](C)CO)C(=O)[C@@H]13. The van der Waals surface area contributed by atoms with Gasteiger partial charge in [0.25, 0.3) is 5.91 Å². The molecule has 1 aromatic rings. The standard InChI is InChI=1S/C30H37BrClN3O7/c1-5-7-8-22(37)33-15-18(4)41-29(40)23-24-27(38)35(17(3)16-36)26(30(24)14-21(31)25(23)42-30)28(39)34(13-6-2)20-11-9-19(32)10-12-20/h5-6,9-12,17-18,21,23-26,36H,1-2,7-8,13-16H2,3-4H3,(H,33,37)/t17-,18-,21?,23+,24-,25+,26+,30-/m1/s1. The molecular formula is C30H37BrClN3O7. The fourth-order valence-corrected chi connectivity index (χ4v) is 7.37. The maximum absolute atomic E-state index is 14.4. The van der Waals surface area contributed by atoms with Gasteiger partial charge in [-0.3, -0.25) is 19.2 Å². The summed E-state index contributed by atoms with van der Waals surface area (Å²) >= 11 is 9.72. The minimum Gasteiger partial charge on any atom is -0.460 e. The van der Waals surface area contributed by atoms with E-state index in [1.54, 1.807) is 50.3 Å². The number of esters is 1. The molecule has 8 atom stereocenters. The molecule has 10 nitrogen and oxygen atoms in total. The van der Waals surface area contributed by atoms with Crippen LogP contribution in [0.25, 0.3) is 0 Å². The molecule has 3 fully saturated rings. The molecule has 2 N–H and O–H groups in total. The number of rotatable bonds is 13. The molecule has 0 aromatic heterocycles. The highest BCUT2D eigenvalue weighted by atomic mass is 79.9. The predicted octanol–water partition coefficient (Wildman–Crippen LogP) is 3.00. The van der Waals surface area contributed by atoms with Crippen LogP contribution in [0.15, 0.2) is 49.6 Å². The molecule has 3 heterocycles. The Labute approximate surface area is 259 Å². The van der Waals surface area contributed by atoms with E-state index in [2.05, 4.69) is 34.4 Å². The van der Waals surface area contributed by atoms with Gasteiger partial charge in [0.2, 0.25) is 11.8 Å². The number of hydrogen-bond donors (Lipinski definition) is 2. The fraction of sp³-hybridized carbons (Fsp3) is 0.533. The van der Waals surface area contributed by atoms with Gasteiger partial charge in [-0.15, -0.1) is 13.2 Å². The number of halogens is 2. The highest BCUT2D eigenvalue weighted by molar-refractivity contribution is 9.09. The van der Waals surface area contributed by atoms with Crippen molar-refractivity contribution in [1.29, 1.82) is 0 Å². The Hall–Kier alpha value is -2.73. The fourth-order valence-electron chi connectivity index (χ4n) is 6.30. The van der Waals surface area contributed by atoms with Crippen LogP contribution in [0.3, 0.4) is 0 Å². The first-order valence-corrected chi connectivity index (χ1v) is 15.3. The number of ether oxygens (including phenoxy) is 2. The zero-order valence-electron chi connectivity index (χ0n) is 23.7. The number of alkyl halides is 1. The molecule has 0 aliphatic carbocycles. The van der Waals surface area contributed by atoms with Crippen LogP contribution in [-0.2, 0) is 28.7 Å². The number of nitrogens with one attached hydrogen (secondary N) is 1. The summed E-state index contributed by atoms with van der Waals surface area (Å²) in [5.74, 6) is -3.66. The van der Waals surface area contributed by atoms with Crippen LogP contribution in [0, 0.1) is 11.8 Å². The topological polar surface area (TPSA) is 125 Å². The van der Waals surface area contributed by atoms with Crippen molar-refractivity contribution in [3.8, 4) is 0 Å². The lowest BCUT2D eigenvalue weighted by Crippen LogP contribution is -2.58. The van der Waals surface area contributed by atoms with Crippen molar-refractivity contribution in [3.05, 3.63) is 54.6 Å². The molecule has 12 heteroatoms. The summed E-state index contributed by atoms with van der Waals surface area (Å²) in [7, 11) is 0. The zero-order valence-corrected chi connectivity index (χ0v) is 26.1. The van der Waals surface area contributed by atoms with Crippen molar-refractivity contribution in [2.75, 3.05) is 24.6 Å². The number of benzene rings is 1. The Balaban J connectivity index is 1.64. The Morgan fingerprint density at radius 3 is 2.60 bits per heavy atom. The largest absolute Gasteiger partial charge is 0.460 e. The van der Waals surface area contributed by atoms with E-state index < -0.39 is 59.5 Å². The van der Waals surface area contributed by atoms with Crippen LogP contribution in [-0.4, -0.2) is 88.1 Å². The second-order valence-corrected chi connectivity index (χ2v) is 12.6. The highest BCUT2D eigenvalue weighted by Crippen LogP contribution is 2.60. The lowest BCUT2D eigenvalue weighted by Gasteiger charge is -2.38. The number of carbonyl (C=O) groups is 4. The van der Waals surface area contributed by atoms with E-state index in [1.165, 1.54) is 9.80 Å². The first-order valence-electron chi connectivity index (χ1n) is 14.0. The summed E-state index contributed by atoms with van der Waals surface area (Å²) in [6, 6.07) is 4.89. The Kier molecular flexibility index (Phi) is 10.2. The Morgan fingerprint density at radius 2 is 1.98 bits per heavy atom. The van der Waals surface area contributed by atoms with Gasteiger partial charge in [-0.1, -0.05) is 39.7 Å². The number of nitrogens with zero attached hydrogens (tertiary/aromatic N) is 2. The highest BCUT2D eigenvalue weighted by Gasteiger charge is 2.77. The average molecular weight is 667 g/mol. The summed E-state index contributed by atoms with van der Waals surface area (Å²) in [5.41, 5.74) is -0.773. The molecule has 228 valence electrons. The van der Waals surface area contributed by atoms with E-state index in [4.69, 9.17) is 21.1 Å². The molecule has 3 saturated heterocycles. The second-order valence-electron chi connectivity index (χ2n) is 11.0. The number of likely N-dealkylation sites (tertiary alicyclic amines) is 1. The maximum atomic E-state index is 14.4. The molecule has 1 unspecified atom stereocenters. The summed E-state index contributed by atoms with van der Waals surface area (Å²) in [6.45, 7) is 10.6. The Morgan fingerprint density at radius 1 is 1.29 bits per heavy atom. The van der Waals surface area contributed by atoms with Crippen LogP contribution in [0.1, 0.15) is 33.1 Å². The normalized spacial score (nSPS) is 29.0. The first kappa shape index (κ1) is 32.2. The van der Waals surface area contributed by atoms with Gasteiger partial charge in [-0.2, -0.15) is 0 Å². The van der Waals surface area contributed by atoms with E-state index in [0.717, 1.165) is 0 Å². The van der Waals surface area contributed by atoms with Crippen molar-refractivity contribution in [1.82, 2.24) is 10.2 Å².